The van der Waals surface area contributed by atoms with Crippen molar-refractivity contribution in [3.8, 4) is 0 Å². The van der Waals surface area contributed by atoms with Crippen LogP contribution >= 0.6 is 11.8 Å². The Morgan fingerprint density at radius 3 is 2.10 bits per heavy atom. The van der Waals surface area contributed by atoms with E-state index in [9.17, 15) is 9.59 Å². The van der Waals surface area contributed by atoms with Crippen LogP contribution in [0.5, 0.6) is 0 Å². The zero-order chi connectivity index (χ0) is 20.5. The van der Waals surface area contributed by atoms with Crippen molar-refractivity contribution in [2.75, 3.05) is 26.2 Å². The third-order valence-corrected chi connectivity index (χ3v) is 7.81. The Morgan fingerprint density at radius 2 is 1.40 bits per heavy atom. The number of carbonyl (C=O) groups excluding carboxylic acids is 2. The number of rotatable bonds is 2. The molecule has 4 nitrogen and oxygen atoms in total. The van der Waals surface area contributed by atoms with Crippen LogP contribution in [0.15, 0.2) is 46.2 Å². The van der Waals surface area contributed by atoms with Gasteiger partial charge in [0.1, 0.15) is 0 Å². The fourth-order valence-electron chi connectivity index (χ4n) is 4.80. The first kappa shape index (κ1) is 19.7. The van der Waals surface area contributed by atoms with Crippen LogP contribution in [-0.2, 0) is 6.42 Å². The standard InChI is InChI=1S/C25H28N2O2S/c28-24(26-12-3-1-4-13-26)20-11-10-18-16-19-8-7-9-21(23(19)30-22(18)17-20)25(29)27-14-5-2-6-15-27/h7-11,17H,1-6,12-16H2. The minimum atomic E-state index is 0.140. The average Bonchev–Trinajstić information content (AvgIpc) is 2.82. The Balaban J connectivity index is 1.42. The van der Waals surface area contributed by atoms with Crippen molar-refractivity contribution in [1.29, 1.82) is 0 Å². The number of piperidine rings is 2. The van der Waals surface area contributed by atoms with E-state index in [4.69, 9.17) is 0 Å². The zero-order valence-corrected chi connectivity index (χ0v) is 18.2. The number of hydrogen-bond donors (Lipinski definition) is 0. The summed E-state index contributed by atoms with van der Waals surface area (Å²) in [4.78, 5) is 32.4. The molecule has 156 valence electrons. The highest BCUT2D eigenvalue weighted by atomic mass is 32.2. The van der Waals surface area contributed by atoms with Gasteiger partial charge < -0.3 is 9.80 Å². The maximum atomic E-state index is 13.2. The van der Waals surface area contributed by atoms with Crippen LogP contribution in [0.4, 0.5) is 0 Å². The van der Waals surface area contributed by atoms with Gasteiger partial charge in [-0.15, -0.1) is 0 Å². The van der Waals surface area contributed by atoms with Crippen LogP contribution in [0.1, 0.15) is 70.4 Å². The summed E-state index contributed by atoms with van der Waals surface area (Å²) in [5, 5.41) is 0. The van der Waals surface area contributed by atoms with Gasteiger partial charge in [-0.3, -0.25) is 9.59 Å². The van der Waals surface area contributed by atoms with E-state index in [1.165, 1.54) is 24.0 Å². The lowest BCUT2D eigenvalue weighted by Gasteiger charge is -2.29. The van der Waals surface area contributed by atoms with E-state index in [2.05, 4.69) is 12.1 Å². The van der Waals surface area contributed by atoms with Crippen molar-refractivity contribution >= 4 is 23.6 Å². The van der Waals surface area contributed by atoms with Crippen molar-refractivity contribution in [3.05, 3.63) is 58.7 Å². The monoisotopic (exact) mass is 420 g/mol. The molecule has 2 aromatic carbocycles. The molecule has 0 saturated carbocycles. The molecule has 0 bridgehead atoms. The Bertz CT molecular complexity index is 975. The van der Waals surface area contributed by atoms with Gasteiger partial charge in [0.05, 0.1) is 5.56 Å². The molecular weight excluding hydrogens is 392 g/mol. The highest BCUT2D eigenvalue weighted by molar-refractivity contribution is 7.99. The SMILES string of the molecule is O=C(c1ccc2c(c1)Sc1c(cccc1C(=O)N1CCCCC1)C2)N1CCCCC1. The van der Waals surface area contributed by atoms with Gasteiger partial charge in [-0.2, -0.15) is 0 Å². The minimum Gasteiger partial charge on any atom is -0.339 e. The van der Waals surface area contributed by atoms with E-state index in [0.29, 0.717) is 0 Å². The molecular formula is C25H28N2O2S. The van der Waals surface area contributed by atoms with Gasteiger partial charge in [0.2, 0.25) is 0 Å². The quantitative estimate of drug-likeness (QED) is 0.586. The van der Waals surface area contributed by atoms with E-state index in [-0.39, 0.29) is 11.8 Å². The van der Waals surface area contributed by atoms with E-state index < -0.39 is 0 Å². The van der Waals surface area contributed by atoms with Gasteiger partial charge in [0, 0.05) is 41.5 Å². The van der Waals surface area contributed by atoms with Crippen LogP contribution in [0, 0.1) is 0 Å². The molecule has 2 aromatic rings. The Labute approximate surface area is 182 Å². The predicted molar refractivity (Wildman–Crippen MR) is 119 cm³/mol. The third kappa shape index (κ3) is 3.76. The molecule has 5 heteroatoms. The maximum absolute atomic E-state index is 13.2. The molecule has 5 rings (SSSR count). The summed E-state index contributed by atoms with van der Waals surface area (Å²) < 4.78 is 0. The molecule has 3 heterocycles. The average molecular weight is 421 g/mol. The van der Waals surface area contributed by atoms with Crippen LogP contribution in [0.2, 0.25) is 0 Å². The molecule has 0 aromatic heterocycles. The van der Waals surface area contributed by atoms with Gasteiger partial charge in [0.25, 0.3) is 11.8 Å². The number of carbonyl (C=O) groups is 2. The predicted octanol–water partition coefficient (Wildman–Crippen LogP) is 4.99. The van der Waals surface area contributed by atoms with E-state index in [1.54, 1.807) is 11.8 Å². The summed E-state index contributed by atoms with van der Waals surface area (Å²) in [5.74, 6) is 0.296. The van der Waals surface area contributed by atoms with Crippen LogP contribution in [0.25, 0.3) is 0 Å². The lowest BCUT2D eigenvalue weighted by Crippen LogP contribution is -2.36. The largest absolute Gasteiger partial charge is 0.339 e. The second-order valence-electron chi connectivity index (χ2n) is 8.60. The molecule has 0 radical (unpaired) electrons. The fourth-order valence-corrected chi connectivity index (χ4v) is 6.02. The topological polar surface area (TPSA) is 40.6 Å². The Morgan fingerprint density at radius 1 is 0.733 bits per heavy atom. The van der Waals surface area contributed by atoms with Gasteiger partial charge in [-0.05, 0) is 74.3 Å². The molecule has 0 unspecified atom stereocenters. The molecule has 2 fully saturated rings. The first-order valence-electron chi connectivity index (χ1n) is 11.2. The Kier molecular flexibility index (Phi) is 5.55. The molecule has 2 saturated heterocycles. The maximum Gasteiger partial charge on any atom is 0.255 e. The number of nitrogens with zero attached hydrogens (tertiary/aromatic N) is 2. The summed E-state index contributed by atoms with van der Waals surface area (Å²) in [6, 6.07) is 12.2. The molecule has 0 N–H and O–H groups in total. The number of amides is 2. The summed E-state index contributed by atoms with van der Waals surface area (Å²) >= 11 is 1.66. The van der Waals surface area contributed by atoms with Crippen molar-refractivity contribution in [1.82, 2.24) is 9.80 Å². The second-order valence-corrected chi connectivity index (χ2v) is 9.65. The normalized spacial score (nSPS) is 18.5. The number of fused-ring (bicyclic) bond motifs is 2. The molecule has 0 atom stereocenters. The minimum absolute atomic E-state index is 0.140. The third-order valence-electron chi connectivity index (χ3n) is 6.52. The number of hydrogen-bond acceptors (Lipinski definition) is 3. The summed E-state index contributed by atoms with van der Waals surface area (Å²) in [6.45, 7) is 3.44. The van der Waals surface area contributed by atoms with Crippen LogP contribution in [-0.4, -0.2) is 47.8 Å². The lowest BCUT2D eigenvalue weighted by molar-refractivity contribution is 0.0714. The van der Waals surface area contributed by atoms with E-state index in [0.717, 1.165) is 79.2 Å². The Hall–Kier alpha value is -2.27. The molecule has 30 heavy (non-hydrogen) atoms. The van der Waals surface area contributed by atoms with Gasteiger partial charge in [-0.1, -0.05) is 30.0 Å². The molecule has 2 amide bonds. The van der Waals surface area contributed by atoms with Gasteiger partial charge >= 0.3 is 0 Å². The highest BCUT2D eigenvalue weighted by Gasteiger charge is 2.27. The van der Waals surface area contributed by atoms with Crippen molar-refractivity contribution in [2.24, 2.45) is 0 Å². The number of benzene rings is 2. The fraction of sp³-hybridized carbons (Fsp3) is 0.440. The van der Waals surface area contributed by atoms with Crippen molar-refractivity contribution in [2.45, 2.75) is 54.7 Å². The first-order valence-corrected chi connectivity index (χ1v) is 12.0. The summed E-state index contributed by atoms with van der Waals surface area (Å²) in [5.41, 5.74) is 4.04. The highest BCUT2D eigenvalue weighted by Crippen LogP contribution is 2.42. The first-order chi connectivity index (χ1) is 14.7. The molecule has 3 aliphatic rings. The van der Waals surface area contributed by atoms with Gasteiger partial charge in [-0.25, -0.2) is 0 Å². The number of likely N-dealkylation sites (tertiary alicyclic amines) is 2. The van der Waals surface area contributed by atoms with E-state index >= 15 is 0 Å². The summed E-state index contributed by atoms with van der Waals surface area (Å²) in [6.07, 6.45) is 7.64. The van der Waals surface area contributed by atoms with E-state index in [1.807, 2.05) is 34.1 Å². The summed E-state index contributed by atoms with van der Waals surface area (Å²) in [7, 11) is 0. The molecule has 0 spiro atoms. The zero-order valence-electron chi connectivity index (χ0n) is 17.4. The second kappa shape index (κ2) is 8.46. The van der Waals surface area contributed by atoms with Crippen LogP contribution < -0.4 is 0 Å². The van der Waals surface area contributed by atoms with Crippen molar-refractivity contribution in [3.63, 3.8) is 0 Å². The smallest absolute Gasteiger partial charge is 0.255 e. The van der Waals surface area contributed by atoms with Crippen molar-refractivity contribution < 1.29 is 9.59 Å². The van der Waals surface area contributed by atoms with Crippen LogP contribution in [0.3, 0.4) is 0 Å². The lowest BCUT2D eigenvalue weighted by atomic mass is 9.99. The molecule has 3 aliphatic heterocycles. The molecule has 0 aliphatic carbocycles. The van der Waals surface area contributed by atoms with Gasteiger partial charge in [0.15, 0.2) is 0 Å².